The molecule has 3 aromatic carbocycles. The fraction of sp³-hybridized carbons (Fsp3) is 0.115. The molecule has 2 N–H and O–H groups in total. The Kier molecular flexibility index (Phi) is 5.48. The second kappa shape index (κ2) is 8.39. The lowest BCUT2D eigenvalue weighted by molar-refractivity contribution is -0.122. The van der Waals surface area contributed by atoms with Gasteiger partial charge < -0.3 is 5.73 Å². The Hall–Kier alpha value is -3.91. The monoisotopic (exact) mass is 494 g/mol. The van der Waals surface area contributed by atoms with Gasteiger partial charge in [-0.15, -0.1) is 0 Å². The maximum atomic E-state index is 13.9. The Morgan fingerprint density at radius 3 is 2.29 bits per heavy atom. The van der Waals surface area contributed by atoms with E-state index in [4.69, 9.17) is 17.3 Å². The van der Waals surface area contributed by atoms with E-state index in [1.807, 2.05) is 0 Å². The van der Waals surface area contributed by atoms with Crippen LogP contribution in [0.15, 0.2) is 67.0 Å². The smallest absolute Gasteiger partial charge is 0.243 e. The first-order valence-corrected chi connectivity index (χ1v) is 11.0. The zero-order valence-corrected chi connectivity index (χ0v) is 19.2. The van der Waals surface area contributed by atoms with Crippen LogP contribution < -0.4 is 10.6 Å². The molecule has 0 aliphatic carbocycles. The van der Waals surface area contributed by atoms with Gasteiger partial charge in [0.1, 0.15) is 23.3 Å². The molecule has 1 aliphatic rings. The summed E-state index contributed by atoms with van der Waals surface area (Å²) in [6.45, 7) is 1.71. The summed E-state index contributed by atoms with van der Waals surface area (Å²) in [6.07, 6.45) is 2.76. The van der Waals surface area contributed by atoms with Crippen molar-refractivity contribution in [3.8, 4) is 11.1 Å². The van der Waals surface area contributed by atoms with E-state index < -0.39 is 22.9 Å². The van der Waals surface area contributed by atoms with Crippen LogP contribution in [0.25, 0.3) is 11.1 Å². The second-order valence-electron chi connectivity index (χ2n) is 8.59. The number of benzene rings is 3. The van der Waals surface area contributed by atoms with E-state index >= 15 is 0 Å². The van der Waals surface area contributed by atoms with Crippen molar-refractivity contribution in [3.05, 3.63) is 101 Å². The van der Waals surface area contributed by atoms with Crippen LogP contribution in [0.4, 0.5) is 30.5 Å². The van der Waals surface area contributed by atoms with E-state index in [0.29, 0.717) is 27.9 Å². The summed E-state index contributed by atoms with van der Waals surface area (Å²) in [6, 6.07) is 12.9. The number of hydrogen-bond donors (Lipinski definition) is 1. The number of carbonyl (C=O) groups is 1. The molecule has 4 aromatic rings. The molecule has 176 valence electrons. The van der Waals surface area contributed by atoms with Crippen molar-refractivity contribution in [2.75, 3.05) is 10.6 Å². The number of nitrogens with zero attached hydrogens (tertiary/aromatic N) is 3. The molecule has 9 heteroatoms. The van der Waals surface area contributed by atoms with Gasteiger partial charge in [-0.3, -0.25) is 9.69 Å². The molecule has 0 bridgehead atoms. The maximum absolute atomic E-state index is 13.9. The predicted molar refractivity (Wildman–Crippen MR) is 128 cm³/mol. The van der Waals surface area contributed by atoms with Crippen molar-refractivity contribution < 1.29 is 18.0 Å². The van der Waals surface area contributed by atoms with Gasteiger partial charge in [-0.2, -0.15) is 0 Å². The number of carbonyl (C=O) groups excluding carboxylic acids is 1. The van der Waals surface area contributed by atoms with Crippen LogP contribution >= 0.6 is 11.6 Å². The number of rotatable bonds is 4. The van der Waals surface area contributed by atoms with E-state index in [2.05, 4.69) is 9.97 Å². The van der Waals surface area contributed by atoms with Gasteiger partial charge in [0.15, 0.2) is 5.82 Å². The lowest BCUT2D eigenvalue weighted by Gasteiger charge is -2.24. The molecule has 1 unspecified atom stereocenters. The Labute approximate surface area is 204 Å². The highest BCUT2D eigenvalue weighted by Gasteiger charge is 2.48. The lowest BCUT2D eigenvalue weighted by atomic mass is 9.77. The molecule has 5 nitrogen and oxygen atoms in total. The normalized spacial score (nSPS) is 17.1. The van der Waals surface area contributed by atoms with Gasteiger partial charge in [-0.1, -0.05) is 23.7 Å². The van der Waals surface area contributed by atoms with Crippen molar-refractivity contribution in [2.45, 2.75) is 18.8 Å². The highest BCUT2D eigenvalue weighted by molar-refractivity contribution is 6.31. The highest BCUT2D eigenvalue weighted by Crippen LogP contribution is 2.48. The van der Waals surface area contributed by atoms with Crippen LogP contribution in [0.3, 0.4) is 0 Å². The number of fused-ring (bicyclic) bond motifs is 1. The fourth-order valence-corrected chi connectivity index (χ4v) is 4.65. The molecule has 0 fully saturated rings. The number of nitrogen functional groups attached to an aromatic ring is 1. The van der Waals surface area contributed by atoms with E-state index in [1.54, 1.807) is 31.2 Å². The summed E-state index contributed by atoms with van der Waals surface area (Å²) in [5, 5.41) is -0.0316. The minimum Gasteiger partial charge on any atom is -0.382 e. The number of aromatic nitrogens is 2. The number of anilines is 3. The van der Waals surface area contributed by atoms with Gasteiger partial charge in [0.05, 0.1) is 28.5 Å². The lowest BCUT2D eigenvalue weighted by Crippen LogP contribution is -2.38. The third-order valence-electron chi connectivity index (χ3n) is 6.13. The van der Waals surface area contributed by atoms with Gasteiger partial charge in [0.25, 0.3) is 0 Å². The van der Waals surface area contributed by atoms with Crippen molar-refractivity contribution in [1.29, 1.82) is 0 Å². The minimum atomic E-state index is -1.20. The average Bonchev–Trinajstić information content (AvgIpc) is 3.02. The van der Waals surface area contributed by atoms with Gasteiger partial charge in [-0.05, 0) is 72.0 Å². The van der Waals surface area contributed by atoms with Crippen LogP contribution in [0.2, 0.25) is 5.02 Å². The van der Waals surface area contributed by atoms with Crippen LogP contribution in [0.5, 0.6) is 0 Å². The van der Waals surface area contributed by atoms with E-state index in [9.17, 15) is 18.0 Å². The van der Waals surface area contributed by atoms with Crippen molar-refractivity contribution in [1.82, 2.24) is 9.97 Å². The molecule has 0 saturated heterocycles. The summed E-state index contributed by atoms with van der Waals surface area (Å²) < 4.78 is 41.6. The molecule has 1 aliphatic heterocycles. The molecular formula is C26H18ClF3N4O. The summed E-state index contributed by atoms with van der Waals surface area (Å²) in [4.78, 5) is 23.6. The second-order valence-corrected chi connectivity index (χ2v) is 8.99. The third kappa shape index (κ3) is 4.00. The molecule has 0 saturated carbocycles. The summed E-state index contributed by atoms with van der Waals surface area (Å²) >= 11 is 5.98. The zero-order valence-electron chi connectivity index (χ0n) is 18.4. The molecule has 5 rings (SSSR count). The largest absolute Gasteiger partial charge is 0.382 e. The van der Waals surface area contributed by atoms with Gasteiger partial charge >= 0.3 is 0 Å². The maximum Gasteiger partial charge on any atom is 0.243 e. The molecule has 2 heterocycles. The van der Waals surface area contributed by atoms with Crippen LogP contribution in [0.1, 0.15) is 18.1 Å². The van der Waals surface area contributed by atoms with Crippen LogP contribution in [-0.4, -0.2) is 15.9 Å². The first kappa shape index (κ1) is 22.9. The SMILES string of the molecule is CC1(Cc2cc(F)cc(F)c2)C(=O)N(c2cnc(N)cn2)c2ccc(-c3ccc(F)c(Cl)c3)cc21. The van der Waals surface area contributed by atoms with Gasteiger partial charge in [0, 0.05) is 6.07 Å². The van der Waals surface area contributed by atoms with Crippen LogP contribution in [0, 0.1) is 17.5 Å². The number of amides is 1. The molecule has 1 atom stereocenters. The minimum absolute atomic E-state index is 0.0278. The topological polar surface area (TPSA) is 72.1 Å². The molecule has 0 radical (unpaired) electrons. The summed E-state index contributed by atoms with van der Waals surface area (Å²) in [5.74, 6) is -1.89. The van der Waals surface area contributed by atoms with Crippen LogP contribution in [-0.2, 0) is 16.6 Å². The van der Waals surface area contributed by atoms with Crippen molar-refractivity contribution in [3.63, 3.8) is 0 Å². The Bertz CT molecular complexity index is 1460. The first-order valence-electron chi connectivity index (χ1n) is 10.6. The third-order valence-corrected chi connectivity index (χ3v) is 6.42. The average molecular weight is 495 g/mol. The number of halogens is 4. The van der Waals surface area contributed by atoms with Gasteiger partial charge in [0.2, 0.25) is 5.91 Å². The molecule has 1 aromatic heterocycles. The quantitative estimate of drug-likeness (QED) is 0.379. The Morgan fingerprint density at radius 1 is 0.943 bits per heavy atom. The molecule has 0 spiro atoms. The zero-order chi connectivity index (χ0) is 24.9. The van der Waals surface area contributed by atoms with Gasteiger partial charge in [-0.25, -0.2) is 23.1 Å². The molecular weight excluding hydrogens is 477 g/mol. The van der Waals surface area contributed by atoms with E-state index in [1.165, 1.54) is 41.6 Å². The fourth-order valence-electron chi connectivity index (χ4n) is 4.47. The number of nitrogens with two attached hydrogens (primary N) is 1. The Balaban J connectivity index is 1.68. The summed E-state index contributed by atoms with van der Waals surface area (Å²) in [5.41, 5.74) is 7.29. The number of hydrogen-bond acceptors (Lipinski definition) is 4. The molecule has 1 amide bonds. The van der Waals surface area contributed by atoms with Crippen molar-refractivity contribution >= 4 is 34.8 Å². The standard InChI is InChI=1S/C26H18ClF3N4O/c1-26(11-14-6-17(28)10-18(29)7-14)19-8-15(16-2-4-21(30)20(27)9-16)3-5-22(19)34(25(26)35)24-13-32-23(31)12-33-24/h2-10,12-13H,11H2,1H3,(H2,31,32). The van der Waals surface area contributed by atoms with Crippen molar-refractivity contribution in [2.24, 2.45) is 0 Å². The molecule has 35 heavy (non-hydrogen) atoms. The predicted octanol–water partition coefficient (Wildman–Crippen LogP) is 5.98. The van der Waals surface area contributed by atoms with E-state index in [-0.39, 0.29) is 29.0 Å². The van der Waals surface area contributed by atoms with E-state index in [0.717, 1.165) is 6.07 Å². The first-order chi connectivity index (χ1) is 16.7. The highest BCUT2D eigenvalue weighted by atomic mass is 35.5. The summed E-state index contributed by atoms with van der Waals surface area (Å²) in [7, 11) is 0. The Morgan fingerprint density at radius 2 is 1.63 bits per heavy atom.